The van der Waals surface area contributed by atoms with Gasteiger partial charge in [0.1, 0.15) is 0 Å². The smallest absolute Gasteiger partial charge is 0.269 e. The number of nitro benzene ring substituents is 1. The quantitative estimate of drug-likeness (QED) is 0.483. The van der Waals surface area contributed by atoms with Crippen molar-refractivity contribution in [1.29, 1.82) is 0 Å². The van der Waals surface area contributed by atoms with E-state index in [-0.39, 0.29) is 5.69 Å². The van der Waals surface area contributed by atoms with Crippen LogP contribution in [0, 0.1) is 17.0 Å². The Labute approximate surface area is 109 Å². The normalized spacial score (nSPS) is 10.6. The van der Waals surface area contributed by atoms with E-state index in [1.165, 1.54) is 12.1 Å². The van der Waals surface area contributed by atoms with E-state index in [0.717, 1.165) is 18.5 Å². The molecule has 0 amide bonds. The van der Waals surface area contributed by atoms with Crippen molar-refractivity contribution >= 4 is 5.69 Å². The van der Waals surface area contributed by atoms with E-state index in [9.17, 15) is 10.1 Å². The first-order valence-corrected chi connectivity index (χ1v) is 5.88. The minimum Gasteiger partial charge on any atom is -0.424 e. The molecule has 100 valence electrons. The van der Waals surface area contributed by atoms with Gasteiger partial charge in [-0.1, -0.05) is 12.1 Å². The van der Waals surface area contributed by atoms with Crippen LogP contribution in [0.1, 0.15) is 17.3 Å². The van der Waals surface area contributed by atoms with Crippen molar-refractivity contribution < 1.29 is 9.34 Å². The first kappa shape index (κ1) is 13.2. The maximum Gasteiger partial charge on any atom is 0.269 e. The molecule has 0 unspecified atom stereocenters. The molecular weight excluding hydrogens is 248 g/mol. The molecule has 0 spiro atoms. The monoisotopic (exact) mass is 262 g/mol. The molecule has 2 aromatic rings. The number of nitrogens with one attached hydrogen (secondary N) is 1. The number of benzene rings is 1. The van der Waals surface area contributed by atoms with Gasteiger partial charge in [-0.15, -0.1) is 10.2 Å². The number of nitro groups is 1. The third kappa shape index (κ3) is 3.85. The minimum atomic E-state index is -0.403. The van der Waals surface area contributed by atoms with Crippen LogP contribution in [0.4, 0.5) is 5.69 Å². The number of hydrogen-bond acceptors (Lipinski definition) is 6. The van der Waals surface area contributed by atoms with E-state index >= 15 is 0 Å². The van der Waals surface area contributed by atoms with Crippen molar-refractivity contribution in [2.75, 3.05) is 6.54 Å². The predicted molar refractivity (Wildman–Crippen MR) is 67.5 cm³/mol. The fourth-order valence-electron chi connectivity index (χ4n) is 1.62. The Balaban J connectivity index is 1.75. The molecule has 0 aliphatic carbocycles. The van der Waals surface area contributed by atoms with Crippen LogP contribution in [-0.2, 0) is 13.0 Å². The van der Waals surface area contributed by atoms with Gasteiger partial charge in [-0.3, -0.25) is 10.1 Å². The largest absolute Gasteiger partial charge is 0.424 e. The number of aryl methyl sites for hydroxylation is 1. The molecule has 1 heterocycles. The summed E-state index contributed by atoms with van der Waals surface area (Å²) in [5.74, 6) is 1.10. The highest BCUT2D eigenvalue weighted by atomic mass is 16.6. The Morgan fingerprint density at radius 2 is 2.05 bits per heavy atom. The second-order valence-corrected chi connectivity index (χ2v) is 4.07. The Kier molecular flexibility index (Phi) is 4.19. The highest BCUT2D eigenvalue weighted by Gasteiger charge is 2.04. The summed E-state index contributed by atoms with van der Waals surface area (Å²) in [6.07, 6.45) is 0.783. The van der Waals surface area contributed by atoms with Gasteiger partial charge in [0.15, 0.2) is 0 Å². The first-order chi connectivity index (χ1) is 9.15. The first-order valence-electron chi connectivity index (χ1n) is 5.88. The van der Waals surface area contributed by atoms with Gasteiger partial charge < -0.3 is 9.73 Å². The summed E-state index contributed by atoms with van der Waals surface area (Å²) in [4.78, 5) is 10.1. The molecular formula is C12H14N4O3. The Bertz CT molecular complexity index is 550. The minimum absolute atomic E-state index is 0.109. The highest BCUT2D eigenvalue weighted by molar-refractivity contribution is 5.32. The van der Waals surface area contributed by atoms with Gasteiger partial charge in [-0.05, 0) is 18.5 Å². The third-order valence-electron chi connectivity index (χ3n) is 2.58. The summed E-state index contributed by atoms with van der Waals surface area (Å²) in [7, 11) is 0. The maximum atomic E-state index is 10.5. The van der Waals surface area contributed by atoms with Gasteiger partial charge in [0.05, 0.1) is 11.5 Å². The van der Waals surface area contributed by atoms with Crippen LogP contribution >= 0.6 is 0 Å². The summed E-state index contributed by atoms with van der Waals surface area (Å²) in [6, 6.07) is 6.54. The topological polar surface area (TPSA) is 94.1 Å². The van der Waals surface area contributed by atoms with Crippen molar-refractivity contribution in [2.24, 2.45) is 0 Å². The van der Waals surface area contributed by atoms with E-state index in [0.29, 0.717) is 18.3 Å². The molecule has 0 aliphatic rings. The van der Waals surface area contributed by atoms with Crippen LogP contribution < -0.4 is 5.32 Å². The fraction of sp³-hybridized carbons (Fsp3) is 0.333. The Hall–Kier alpha value is -2.28. The van der Waals surface area contributed by atoms with Crippen LogP contribution in [0.2, 0.25) is 0 Å². The molecule has 1 aromatic heterocycles. The van der Waals surface area contributed by atoms with Crippen molar-refractivity contribution in [3.05, 3.63) is 51.7 Å². The molecule has 0 saturated heterocycles. The van der Waals surface area contributed by atoms with E-state index in [1.54, 1.807) is 19.1 Å². The lowest BCUT2D eigenvalue weighted by Crippen LogP contribution is -2.16. The highest BCUT2D eigenvalue weighted by Crippen LogP contribution is 2.11. The second-order valence-electron chi connectivity index (χ2n) is 4.07. The molecule has 7 nitrogen and oxygen atoms in total. The third-order valence-corrected chi connectivity index (χ3v) is 2.58. The van der Waals surface area contributed by atoms with E-state index in [4.69, 9.17) is 4.42 Å². The molecule has 0 radical (unpaired) electrons. The van der Waals surface area contributed by atoms with Gasteiger partial charge in [-0.25, -0.2) is 0 Å². The Morgan fingerprint density at radius 1 is 1.32 bits per heavy atom. The van der Waals surface area contributed by atoms with Crippen molar-refractivity contribution in [2.45, 2.75) is 19.9 Å². The van der Waals surface area contributed by atoms with Crippen molar-refractivity contribution in [3.63, 3.8) is 0 Å². The number of non-ortho nitro benzene ring substituents is 1. The fourth-order valence-corrected chi connectivity index (χ4v) is 1.62. The molecule has 7 heteroatoms. The van der Waals surface area contributed by atoms with Crippen molar-refractivity contribution in [1.82, 2.24) is 15.5 Å². The molecule has 0 aliphatic heterocycles. The summed E-state index contributed by atoms with van der Waals surface area (Å²) >= 11 is 0. The van der Waals surface area contributed by atoms with Gasteiger partial charge >= 0.3 is 0 Å². The SMILES string of the molecule is Cc1nnc(CNCCc2ccc([N+](=O)[O-])cc2)o1. The lowest BCUT2D eigenvalue weighted by Gasteiger charge is -2.02. The lowest BCUT2D eigenvalue weighted by molar-refractivity contribution is -0.384. The van der Waals surface area contributed by atoms with Crippen LogP contribution in [0.25, 0.3) is 0 Å². The van der Waals surface area contributed by atoms with Crippen molar-refractivity contribution in [3.8, 4) is 0 Å². The number of hydrogen-bond donors (Lipinski definition) is 1. The summed E-state index contributed by atoms with van der Waals surface area (Å²) in [5, 5.41) is 21.3. The van der Waals surface area contributed by atoms with E-state index < -0.39 is 4.92 Å². The molecule has 0 saturated carbocycles. The number of nitrogens with zero attached hydrogens (tertiary/aromatic N) is 3. The summed E-state index contributed by atoms with van der Waals surface area (Å²) in [5.41, 5.74) is 1.15. The molecule has 0 bridgehead atoms. The summed E-state index contributed by atoms with van der Waals surface area (Å²) < 4.78 is 5.22. The van der Waals surface area contributed by atoms with Crippen LogP contribution in [-0.4, -0.2) is 21.7 Å². The maximum absolute atomic E-state index is 10.5. The lowest BCUT2D eigenvalue weighted by atomic mass is 10.1. The zero-order chi connectivity index (χ0) is 13.7. The van der Waals surface area contributed by atoms with E-state index in [1.807, 2.05) is 0 Å². The van der Waals surface area contributed by atoms with Gasteiger partial charge in [-0.2, -0.15) is 0 Å². The van der Waals surface area contributed by atoms with Crippen LogP contribution in [0.5, 0.6) is 0 Å². The predicted octanol–water partition coefficient (Wildman–Crippen LogP) is 1.62. The second kappa shape index (κ2) is 6.05. The van der Waals surface area contributed by atoms with Gasteiger partial charge in [0.2, 0.25) is 11.8 Å². The van der Waals surface area contributed by atoms with Crippen LogP contribution in [0.3, 0.4) is 0 Å². The molecule has 0 atom stereocenters. The molecule has 1 aromatic carbocycles. The average Bonchev–Trinajstić information content (AvgIpc) is 2.81. The van der Waals surface area contributed by atoms with Gasteiger partial charge in [0, 0.05) is 19.1 Å². The molecule has 2 rings (SSSR count). The van der Waals surface area contributed by atoms with E-state index in [2.05, 4.69) is 15.5 Å². The summed E-state index contributed by atoms with van der Waals surface area (Å²) in [6.45, 7) is 3.00. The molecule has 0 fully saturated rings. The van der Waals surface area contributed by atoms with Gasteiger partial charge in [0.25, 0.3) is 5.69 Å². The number of aromatic nitrogens is 2. The Morgan fingerprint density at radius 3 is 2.63 bits per heavy atom. The average molecular weight is 262 g/mol. The van der Waals surface area contributed by atoms with Crippen LogP contribution in [0.15, 0.2) is 28.7 Å². The zero-order valence-corrected chi connectivity index (χ0v) is 10.5. The molecule has 1 N–H and O–H groups in total. The standard InChI is InChI=1S/C12H14N4O3/c1-9-14-15-12(19-9)8-13-7-6-10-2-4-11(5-3-10)16(17)18/h2-5,13H,6-8H2,1H3. The molecule has 19 heavy (non-hydrogen) atoms. The number of rotatable bonds is 6. The zero-order valence-electron chi connectivity index (χ0n) is 10.5.